The zero-order valence-corrected chi connectivity index (χ0v) is 11.0. The van der Waals surface area contributed by atoms with Gasteiger partial charge in [0.2, 0.25) is 0 Å². The van der Waals surface area contributed by atoms with Crippen LogP contribution in [0.2, 0.25) is 0 Å². The number of nitrogens with zero attached hydrogens (tertiary/aromatic N) is 2. The summed E-state index contributed by atoms with van der Waals surface area (Å²) >= 11 is 0. The number of amides is 2. The first-order chi connectivity index (χ1) is 9.43. The normalized spacial score (nSPS) is 17.6. The molecule has 1 rings (SSSR count). The fourth-order valence-electron chi connectivity index (χ4n) is 1.93. The van der Waals surface area contributed by atoms with Gasteiger partial charge in [0.05, 0.1) is 13.0 Å². The van der Waals surface area contributed by atoms with Crippen molar-refractivity contribution < 1.29 is 29.7 Å². The van der Waals surface area contributed by atoms with E-state index in [-0.39, 0.29) is 6.61 Å². The van der Waals surface area contributed by atoms with Crippen LogP contribution in [0, 0.1) is 0 Å². The molecule has 0 unspecified atom stereocenters. The number of carboxylic acid groups (broad SMARTS) is 2. The lowest BCUT2D eigenvalue weighted by Gasteiger charge is -2.34. The van der Waals surface area contributed by atoms with Crippen molar-refractivity contribution in [1.82, 2.24) is 15.1 Å². The zero-order chi connectivity index (χ0) is 15.1. The lowest BCUT2D eigenvalue weighted by molar-refractivity contribution is -0.145. The number of hydrogen-bond acceptors (Lipinski definition) is 5. The zero-order valence-electron chi connectivity index (χ0n) is 11.0. The Kier molecular flexibility index (Phi) is 6.19. The van der Waals surface area contributed by atoms with Crippen molar-refractivity contribution in [2.75, 3.05) is 39.3 Å². The summed E-state index contributed by atoms with van der Waals surface area (Å²) in [7, 11) is 0. The van der Waals surface area contributed by atoms with Gasteiger partial charge < -0.3 is 25.5 Å². The summed E-state index contributed by atoms with van der Waals surface area (Å²) in [6.07, 6.45) is -0.661. The maximum atomic E-state index is 11.8. The van der Waals surface area contributed by atoms with Crippen LogP contribution in [0.4, 0.5) is 4.79 Å². The van der Waals surface area contributed by atoms with Crippen molar-refractivity contribution in [1.29, 1.82) is 0 Å². The average molecular weight is 289 g/mol. The third-order valence-corrected chi connectivity index (χ3v) is 3.05. The summed E-state index contributed by atoms with van der Waals surface area (Å²) in [6.45, 7) is 2.57. The molecule has 1 aliphatic heterocycles. The number of nitrogens with one attached hydrogen (secondary N) is 1. The summed E-state index contributed by atoms with van der Waals surface area (Å²) in [5.41, 5.74) is 0. The third-order valence-electron chi connectivity index (χ3n) is 3.05. The van der Waals surface area contributed by atoms with Crippen LogP contribution in [0.5, 0.6) is 0 Å². The standard InChI is InChI=1S/C11H19N3O6/c15-6-5-13-1-3-14(4-2-13)11(20)12-8(10(18)19)7-9(16)17/h8,15H,1-7H2,(H,12,20)(H,16,17)(H,18,19)/t8-/m0/s1. The van der Waals surface area contributed by atoms with Crippen molar-refractivity contribution in [3.8, 4) is 0 Å². The van der Waals surface area contributed by atoms with Gasteiger partial charge in [0.15, 0.2) is 0 Å². The Hall–Kier alpha value is -1.87. The minimum Gasteiger partial charge on any atom is -0.481 e. The van der Waals surface area contributed by atoms with E-state index in [1.165, 1.54) is 4.90 Å². The molecule has 4 N–H and O–H groups in total. The fraction of sp³-hybridized carbons (Fsp3) is 0.727. The van der Waals surface area contributed by atoms with E-state index in [0.29, 0.717) is 32.7 Å². The van der Waals surface area contributed by atoms with Gasteiger partial charge in [-0.25, -0.2) is 9.59 Å². The largest absolute Gasteiger partial charge is 0.481 e. The number of aliphatic hydroxyl groups is 1. The molecule has 1 fully saturated rings. The molecular formula is C11H19N3O6. The van der Waals surface area contributed by atoms with Crippen LogP contribution in [-0.4, -0.2) is 88.5 Å². The van der Waals surface area contributed by atoms with E-state index >= 15 is 0 Å². The Morgan fingerprint density at radius 2 is 1.70 bits per heavy atom. The maximum absolute atomic E-state index is 11.8. The molecule has 1 atom stereocenters. The molecular weight excluding hydrogens is 270 g/mol. The molecule has 0 aliphatic carbocycles. The molecule has 0 aromatic carbocycles. The van der Waals surface area contributed by atoms with Crippen LogP contribution >= 0.6 is 0 Å². The highest BCUT2D eigenvalue weighted by molar-refractivity contribution is 5.86. The second-order valence-electron chi connectivity index (χ2n) is 4.49. The Morgan fingerprint density at radius 1 is 1.10 bits per heavy atom. The van der Waals surface area contributed by atoms with Crippen molar-refractivity contribution in [3.05, 3.63) is 0 Å². The van der Waals surface area contributed by atoms with Crippen molar-refractivity contribution in [2.45, 2.75) is 12.5 Å². The van der Waals surface area contributed by atoms with Crippen molar-refractivity contribution in [2.24, 2.45) is 0 Å². The van der Waals surface area contributed by atoms with E-state index < -0.39 is 30.4 Å². The molecule has 0 bridgehead atoms. The molecule has 9 heteroatoms. The first-order valence-corrected chi connectivity index (χ1v) is 6.27. The third kappa shape index (κ3) is 5.02. The Bertz CT molecular complexity index is 367. The minimum atomic E-state index is -1.43. The SMILES string of the molecule is O=C(O)C[C@H](NC(=O)N1CCN(CCO)CC1)C(=O)O. The van der Waals surface area contributed by atoms with E-state index in [1.807, 2.05) is 4.90 Å². The second kappa shape index (κ2) is 7.65. The molecule has 114 valence electrons. The monoisotopic (exact) mass is 289 g/mol. The van der Waals surface area contributed by atoms with E-state index in [0.717, 1.165) is 0 Å². The lowest BCUT2D eigenvalue weighted by atomic mass is 10.2. The van der Waals surface area contributed by atoms with Gasteiger partial charge in [0, 0.05) is 32.7 Å². The van der Waals surface area contributed by atoms with Crippen molar-refractivity contribution >= 4 is 18.0 Å². The van der Waals surface area contributed by atoms with Gasteiger partial charge in [0.1, 0.15) is 6.04 Å². The van der Waals surface area contributed by atoms with Crippen LogP contribution in [-0.2, 0) is 9.59 Å². The quantitative estimate of drug-likeness (QED) is 0.455. The second-order valence-corrected chi connectivity index (χ2v) is 4.49. The molecule has 0 aromatic rings. The van der Waals surface area contributed by atoms with E-state index in [9.17, 15) is 14.4 Å². The molecule has 20 heavy (non-hydrogen) atoms. The number of rotatable bonds is 6. The smallest absolute Gasteiger partial charge is 0.326 e. The van der Waals surface area contributed by atoms with Gasteiger partial charge in [-0.15, -0.1) is 0 Å². The number of carboxylic acids is 2. The highest BCUT2D eigenvalue weighted by Crippen LogP contribution is 2.03. The highest BCUT2D eigenvalue weighted by atomic mass is 16.4. The molecule has 1 heterocycles. The number of aliphatic hydroxyl groups excluding tert-OH is 1. The van der Waals surface area contributed by atoms with Crippen LogP contribution in [0.1, 0.15) is 6.42 Å². The van der Waals surface area contributed by atoms with Crippen LogP contribution in [0.15, 0.2) is 0 Å². The topological polar surface area (TPSA) is 130 Å². The van der Waals surface area contributed by atoms with Crippen molar-refractivity contribution in [3.63, 3.8) is 0 Å². The Labute approximate surface area is 115 Å². The first kappa shape index (κ1) is 16.2. The van der Waals surface area contributed by atoms with Crippen LogP contribution in [0.3, 0.4) is 0 Å². The van der Waals surface area contributed by atoms with Crippen LogP contribution < -0.4 is 5.32 Å². The number of hydrogen-bond donors (Lipinski definition) is 4. The van der Waals surface area contributed by atoms with E-state index in [2.05, 4.69) is 5.32 Å². The predicted molar refractivity (Wildman–Crippen MR) is 67.3 cm³/mol. The van der Waals surface area contributed by atoms with Gasteiger partial charge in [0.25, 0.3) is 0 Å². The Balaban J connectivity index is 2.45. The molecule has 9 nitrogen and oxygen atoms in total. The van der Waals surface area contributed by atoms with Gasteiger partial charge in [-0.2, -0.15) is 0 Å². The predicted octanol–water partition coefficient (Wildman–Crippen LogP) is -1.77. The molecule has 1 aliphatic rings. The molecule has 0 aromatic heterocycles. The van der Waals surface area contributed by atoms with E-state index in [1.54, 1.807) is 0 Å². The summed E-state index contributed by atoms with van der Waals surface area (Å²) in [4.78, 5) is 36.7. The maximum Gasteiger partial charge on any atom is 0.326 e. The molecule has 0 spiro atoms. The summed E-state index contributed by atoms with van der Waals surface area (Å²) in [6, 6.07) is -2.02. The fourth-order valence-corrected chi connectivity index (χ4v) is 1.93. The number of urea groups is 1. The van der Waals surface area contributed by atoms with Gasteiger partial charge in [-0.05, 0) is 0 Å². The number of carbonyl (C=O) groups is 3. The number of carbonyl (C=O) groups excluding carboxylic acids is 1. The Morgan fingerprint density at radius 3 is 2.15 bits per heavy atom. The highest BCUT2D eigenvalue weighted by Gasteiger charge is 2.27. The molecule has 0 saturated carbocycles. The molecule has 0 radical (unpaired) electrons. The summed E-state index contributed by atoms with van der Waals surface area (Å²) < 4.78 is 0. The number of β-amino-alcohol motifs (C(OH)–C–C–N with tert-alkyl or cyclic N) is 1. The minimum absolute atomic E-state index is 0.0475. The summed E-state index contributed by atoms with van der Waals surface area (Å²) in [5, 5.41) is 28.4. The van der Waals surface area contributed by atoms with Gasteiger partial charge >= 0.3 is 18.0 Å². The molecule has 2 amide bonds. The molecule has 1 saturated heterocycles. The number of piperazine rings is 1. The average Bonchev–Trinajstić information content (AvgIpc) is 2.38. The van der Waals surface area contributed by atoms with Gasteiger partial charge in [-0.3, -0.25) is 9.69 Å². The van der Waals surface area contributed by atoms with Gasteiger partial charge in [-0.1, -0.05) is 0 Å². The van der Waals surface area contributed by atoms with Crippen LogP contribution in [0.25, 0.3) is 0 Å². The van der Waals surface area contributed by atoms with E-state index in [4.69, 9.17) is 15.3 Å². The summed E-state index contributed by atoms with van der Waals surface area (Å²) in [5.74, 6) is -2.66. The lowest BCUT2D eigenvalue weighted by Crippen LogP contribution is -2.55. The number of aliphatic carboxylic acids is 2. The first-order valence-electron chi connectivity index (χ1n) is 6.27.